The summed E-state index contributed by atoms with van der Waals surface area (Å²) >= 11 is 0. The van der Waals surface area contributed by atoms with Gasteiger partial charge in [0.15, 0.2) is 25.2 Å². The molecule has 8 heteroatoms. The minimum Gasteiger partial charge on any atom is -0.496 e. The first kappa shape index (κ1) is 27.5. The molecule has 2 saturated heterocycles. The summed E-state index contributed by atoms with van der Waals surface area (Å²) in [5.41, 5.74) is 2.81. The van der Waals surface area contributed by atoms with Gasteiger partial charge in [0, 0.05) is 25.0 Å². The van der Waals surface area contributed by atoms with E-state index in [0.717, 1.165) is 75.4 Å². The van der Waals surface area contributed by atoms with Crippen LogP contribution >= 0.6 is 0 Å². The van der Waals surface area contributed by atoms with Crippen LogP contribution in [0.5, 0.6) is 23.0 Å². The minimum absolute atomic E-state index is 0.190. The highest BCUT2D eigenvalue weighted by Crippen LogP contribution is 2.30. The first-order valence-corrected chi connectivity index (χ1v) is 12.3. The molecular weight excluding hydrogens is 464 g/mol. The molecule has 2 aromatic carbocycles. The molecule has 2 unspecified atom stereocenters. The Morgan fingerprint density at radius 2 is 1.11 bits per heavy atom. The van der Waals surface area contributed by atoms with E-state index in [4.69, 9.17) is 28.4 Å². The molecule has 0 N–H and O–H groups in total. The minimum atomic E-state index is -0.190. The van der Waals surface area contributed by atoms with Crippen LogP contribution in [0.25, 0.3) is 0 Å². The van der Waals surface area contributed by atoms with Crippen LogP contribution in [0.15, 0.2) is 24.3 Å². The van der Waals surface area contributed by atoms with E-state index in [0.29, 0.717) is 34.1 Å². The Morgan fingerprint density at radius 3 is 1.42 bits per heavy atom. The zero-order valence-corrected chi connectivity index (χ0v) is 21.5. The van der Waals surface area contributed by atoms with Gasteiger partial charge < -0.3 is 28.4 Å². The van der Waals surface area contributed by atoms with Crippen LogP contribution in [0, 0.1) is 13.8 Å². The number of aryl methyl sites for hydroxylation is 2. The number of hydrogen-bond donors (Lipinski definition) is 0. The average molecular weight is 501 g/mol. The number of hydrogen-bond acceptors (Lipinski definition) is 8. The number of carbonyl (C=O) groups excluding carboxylic acids is 2. The quantitative estimate of drug-likeness (QED) is 0.443. The summed E-state index contributed by atoms with van der Waals surface area (Å²) in [5.74, 6) is 2.44. The van der Waals surface area contributed by atoms with Gasteiger partial charge in [-0.25, -0.2) is 0 Å². The second-order valence-electron chi connectivity index (χ2n) is 8.78. The molecule has 0 saturated carbocycles. The molecular formula is C28H36O8. The van der Waals surface area contributed by atoms with Gasteiger partial charge in [-0.1, -0.05) is 0 Å². The first-order valence-electron chi connectivity index (χ1n) is 12.3. The Hall–Kier alpha value is -3.10. The van der Waals surface area contributed by atoms with Crippen molar-refractivity contribution in [1.82, 2.24) is 0 Å². The van der Waals surface area contributed by atoms with Crippen LogP contribution in [-0.2, 0) is 9.47 Å². The Kier molecular flexibility index (Phi) is 10.6. The maximum atomic E-state index is 11.0. The number of ether oxygens (including phenoxy) is 6. The van der Waals surface area contributed by atoms with Crippen molar-refractivity contribution in [2.75, 3.05) is 27.4 Å². The van der Waals surface area contributed by atoms with E-state index in [1.165, 1.54) is 0 Å². The highest BCUT2D eigenvalue weighted by molar-refractivity contribution is 5.82. The lowest BCUT2D eigenvalue weighted by Gasteiger charge is -2.24. The molecule has 0 spiro atoms. The lowest BCUT2D eigenvalue weighted by atomic mass is 10.1. The number of carbonyl (C=O) groups is 2. The Labute approximate surface area is 212 Å². The molecule has 36 heavy (non-hydrogen) atoms. The fourth-order valence-corrected chi connectivity index (χ4v) is 4.16. The summed E-state index contributed by atoms with van der Waals surface area (Å²) in [6.45, 7) is 5.21. The summed E-state index contributed by atoms with van der Waals surface area (Å²) in [7, 11) is 3.09. The van der Waals surface area contributed by atoms with Crippen molar-refractivity contribution in [1.29, 1.82) is 0 Å². The monoisotopic (exact) mass is 500 g/mol. The van der Waals surface area contributed by atoms with Crippen LogP contribution in [0.1, 0.15) is 70.4 Å². The second-order valence-corrected chi connectivity index (χ2v) is 8.78. The van der Waals surface area contributed by atoms with Crippen LogP contribution in [0.3, 0.4) is 0 Å². The molecule has 0 radical (unpaired) electrons. The number of rotatable bonds is 8. The van der Waals surface area contributed by atoms with Crippen molar-refractivity contribution in [2.45, 2.75) is 65.0 Å². The fourth-order valence-electron chi connectivity index (χ4n) is 4.16. The van der Waals surface area contributed by atoms with Crippen molar-refractivity contribution in [3.05, 3.63) is 46.5 Å². The number of methoxy groups -OCH3 is 2. The van der Waals surface area contributed by atoms with Crippen LogP contribution < -0.4 is 18.9 Å². The van der Waals surface area contributed by atoms with Crippen molar-refractivity contribution >= 4 is 12.6 Å². The van der Waals surface area contributed by atoms with Gasteiger partial charge in [-0.2, -0.15) is 0 Å². The first-order chi connectivity index (χ1) is 17.5. The molecule has 4 rings (SSSR count). The zero-order valence-electron chi connectivity index (χ0n) is 21.5. The number of benzene rings is 2. The molecule has 2 aliphatic heterocycles. The van der Waals surface area contributed by atoms with Gasteiger partial charge in [0.2, 0.25) is 0 Å². The Morgan fingerprint density at radius 1 is 0.694 bits per heavy atom. The van der Waals surface area contributed by atoms with Crippen LogP contribution in [0.2, 0.25) is 0 Å². The van der Waals surface area contributed by atoms with Crippen molar-refractivity contribution in [2.24, 2.45) is 0 Å². The van der Waals surface area contributed by atoms with Gasteiger partial charge in [0.05, 0.1) is 38.6 Å². The number of aldehydes is 2. The summed E-state index contributed by atoms with van der Waals surface area (Å²) < 4.78 is 32.9. The molecule has 2 heterocycles. The maximum absolute atomic E-state index is 11.0. The Balaban J connectivity index is 0.000000201. The lowest BCUT2D eigenvalue weighted by molar-refractivity contribution is -0.106. The highest BCUT2D eigenvalue weighted by atomic mass is 16.7. The third-order valence-corrected chi connectivity index (χ3v) is 6.13. The highest BCUT2D eigenvalue weighted by Gasteiger charge is 2.18. The van der Waals surface area contributed by atoms with Crippen LogP contribution in [0.4, 0.5) is 0 Å². The molecule has 0 amide bonds. The molecule has 2 fully saturated rings. The third-order valence-electron chi connectivity index (χ3n) is 6.13. The summed E-state index contributed by atoms with van der Waals surface area (Å²) in [4.78, 5) is 21.9. The predicted octanol–water partition coefficient (Wildman–Crippen LogP) is 5.44. The van der Waals surface area contributed by atoms with E-state index in [1.807, 2.05) is 26.0 Å². The maximum Gasteiger partial charge on any atom is 0.199 e. The van der Waals surface area contributed by atoms with Crippen molar-refractivity contribution in [3.63, 3.8) is 0 Å². The topological polar surface area (TPSA) is 89.5 Å². The van der Waals surface area contributed by atoms with Crippen molar-refractivity contribution < 1.29 is 38.0 Å². The van der Waals surface area contributed by atoms with E-state index >= 15 is 0 Å². The predicted molar refractivity (Wildman–Crippen MR) is 135 cm³/mol. The standard InChI is InChI=1S/2C14H18O4/c2*1-10-7-11(8-13(16-2)12(10)9-15)18-14-5-3-4-6-17-14/h2*7-9,14H,3-6H2,1-2H3. The van der Waals surface area contributed by atoms with E-state index < -0.39 is 0 Å². The van der Waals surface area contributed by atoms with E-state index in [-0.39, 0.29) is 12.6 Å². The van der Waals surface area contributed by atoms with E-state index in [2.05, 4.69) is 0 Å². The molecule has 2 aliphatic rings. The zero-order chi connectivity index (χ0) is 25.9. The normalized spacial score (nSPS) is 19.3. The van der Waals surface area contributed by atoms with Gasteiger partial charge in [0.25, 0.3) is 0 Å². The average Bonchev–Trinajstić information content (AvgIpc) is 2.89. The molecule has 0 aromatic heterocycles. The fraction of sp³-hybridized carbons (Fsp3) is 0.500. The van der Waals surface area contributed by atoms with E-state index in [9.17, 15) is 9.59 Å². The van der Waals surface area contributed by atoms with Gasteiger partial charge >= 0.3 is 0 Å². The molecule has 2 aromatic rings. The largest absolute Gasteiger partial charge is 0.496 e. The molecule has 8 nitrogen and oxygen atoms in total. The summed E-state index contributed by atoms with van der Waals surface area (Å²) in [6, 6.07) is 7.14. The van der Waals surface area contributed by atoms with Gasteiger partial charge in [0.1, 0.15) is 23.0 Å². The Bertz CT molecular complexity index is 926. The summed E-state index contributed by atoms with van der Waals surface area (Å²) in [5, 5.41) is 0. The van der Waals surface area contributed by atoms with Gasteiger partial charge in [-0.05, 0) is 62.8 Å². The van der Waals surface area contributed by atoms with Gasteiger partial charge in [-0.3, -0.25) is 9.59 Å². The molecule has 2 atom stereocenters. The summed E-state index contributed by atoms with van der Waals surface area (Å²) in [6.07, 6.45) is 7.44. The molecule has 196 valence electrons. The lowest BCUT2D eigenvalue weighted by Crippen LogP contribution is -2.25. The smallest absolute Gasteiger partial charge is 0.199 e. The third kappa shape index (κ3) is 7.45. The molecule has 0 bridgehead atoms. The van der Waals surface area contributed by atoms with E-state index in [1.54, 1.807) is 26.4 Å². The van der Waals surface area contributed by atoms with Crippen molar-refractivity contribution in [3.8, 4) is 23.0 Å². The molecule has 0 aliphatic carbocycles. The SMILES string of the molecule is COc1cc(OC2CCCCO2)cc(C)c1C=O.COc1cc(OC2CCCCO2)cc(C)c1C=O. The van der Waals surface area contributed by atoms with Gasteiger partial charge in [-0.15, -0.1) is 0 Å². The second kappa shape index (κ2) is 13.8. The van der Waals surface area contributed by atoms with Crippen LogP contribution in [-0.4, -0.2) is 52.6 Å².